The number of carbonyl (C=O) groups excluding carboxylic acids is 1. The lowest BCUT2D eigenvalue weighted by atomic mass is 9.82. The number of carbonyl (C=O) groups is 2. The van der Waals surface area contributed by atoms with E-state index in [1.807, 2.05) is 12.1 Å². The fourth-order valence-electron chi connectivity index (χ4n) is 4.30. The molecule has 7 nitrogen and oxygen atoms in total. The third-order valence-corrected chi connectivity index (χ3v) is 5.87. The Morgan fingerprint density at radius 1 is 1.12 bits per heavy atom. The second-order valence-electron chi connectivity index (χ2n) is 8.14. The molecule has 32 heavy (non-hydrogen) atoms. The standard InChI is InChI=1S/C19H25FN2O3.C2HF3O2/c20-18-6-2-1-5-14(18)9-21-10-15-12-24-13-17(16(15)11-21)19(23)22-7-3-4-8-25-22;3-2(4,5)1(6)7/h1-2,5-6,15-17H,3-4,7-13H2;(H,6,7)/t15-,16-,17+;/m1./s1. The highest BCUT2D eigenvalue weighted by Gasteiger charge is 2.45. The number of halogens is 4. The number of hydrogen-bond donors (Lipinski definition) is 1. The number of carboxylic acids is 1. The lowest BCUT2D eigenvalue weighted by Gasteiger charge is -2.36. The predicted octanol–water partition coefficient (Wildman–Crippen LogP) is 2.71. The molecule has 178 valence electrons. The molecule has 4 rings (SSSR count). The van der Waals surface area contributed by atoms with E-state index in [0.29, 0.717) is 44.4 Å². The molecule has 3 aliphatic heterocycles. The Bertz CT molecular complexity index is 801. The van der Waals surface area contributed by atoms with Crippen molar-refractivity contribution < 1.29 is 41.8 Å². The SMILES string of the molecule is O=C(O)C(F)(F)F.O=C([C@H]1COC[C@H]2CN(Cc3ccccc3F)C[C@H]21)N1CCCCO1. The average Bonchev–Trinajstić information content (AvgIpc) is 3.18. The largest absolute Gasteiger partial charge is 0.490 e. The highest BCUT2D eigenvalue weighted by molar-refractivity contribution is 5.78. The van der Waals surface area contributed by atoms with Crippen molar-refractivity contribution in [3.05, 3.63) is 35.6 Å². The van der Waals surface area contributed by atoms with Crippen LogP contribution in [0.1, 0.15) is 18.4 Å². The Hall–Kier alpha value is -2.24. The fraction of sp³-hybridized carbons (Fsp3) is 0.619. The average molecular weight is 462 g/mol. The number of fused-ring (bicyclic) bond motifs is 1. The summed E-state index contributed by atoms with van der Waals surface area (Å²) in [5.41, 5.74) is 0.712. The third kappa shape index (κ3) is 6.17. The van der Waals surface area contributed by atoms with Crippen molar-refractivity contribution in [3.63, 3.8) is 0 Å². The molecule has 0 saturated carbocycles. The van der Waals surface area contributed by atoms with Gasteiger partial charge in [0.2, 0.25) is 0 Å². The van der Waals surface area contributed by atoms with Gasteiger partial charge in [0.25, 0.3) is 5.91 Å². The first-order valence-electron chi connectivity index (χ1n) is 10.4. The summed E-state index contributed by atoms with van der Waals surface area (Å²) >= 11 is 0. The van der Waals surface area contributed by atoms with Gasteiger partial charge in [0, 0.05) is 31.7 Å². The molecule has 0 unspecified atom stereocenters. The number of benzene rings is 1. The maximum absolute atomic E-state index is 13.9. The zero-order valence-corrected chi connectivity index (χ0v) is 17.4. The van der Waals surface area contributed by atoms with Crippen LogP contribution >= 0.6 is 0 Å². The Balaban J connectivity index is 0.000000360. The van der Waals surface area contributed by atoms with E-state index in [2.05, 4.69) is 4.90 Å². The number of alkyl halides is 3. The molecule has 0 bridgehead atoms. The summed E-state index contributed by atoms with van der Waals surface area (Å²) in [6.07, 6.45) is -3.08. The monoisotopic (exact) mass is 462 g/mol. The van der Waals surface area contributed by atoms with Crippen molar-refractivity contribution in [2.75, 3.05) is 39.5 Å². The van der Waals surface area contributed by atoms with Gasteiger partial charge in [-0.3, -0.25) is 14.5 Å². The van der Waals surface area contributed by atoms with E-state index in [-0.39, 0.29) is 23.6 Å². The van der Waals surface area contributed by atoms with Crippen LogP contribution in [0.3, 0.4) is 0 Å². The van der Waals surface area contributed by atoms with Crippen molar-refractivity contribution in [2.45, 2.75) is 25.6 Å². The Labute approximate surface area is 182 Å². The molecule has 1 N–H and O–H groups in total. The summed E-state index contributed by atoms with van der Waals surface area (Å²) in [6, 6.07) is 6.91. The zero-order chi connectivity index (χ0) is 23.3. The summed E-state index contributed by atoms with van der Waals surface area (Å²) in [7, 11) is 0. The first kappa shape index (κ1) is 24.4. The predicted molar refractivity (Wildman–Crippen MR) is 104 cm³/mol. The summed E-state index contributed by atoms with van der Waals surface area (Å²) in [5, 5.41) is 8.67. The highest BCUT2D eigenvalue weighted by atomic mass is 19.4. The van der Waals surface area contributed by atoms with E-state index in [1.165, 1.54) is 6.07 Å². The van der Waals surface area contributed by atoms with Crippen molar-refractivity contribution in [1.82, 2.24) is 9.96 Å². The smallest absolute Gasteiger partial charge is 0.475 e. The van der Waals surface area contributed by atoms with Crippen LogP contribution in [0.25, 0.3) is 0 Å². The zero-order valence-electron chi connectivity index (χ0n) is 17.4. The van der Waals surface area contributed by atoms with Gasteiger partial charge in [-0.05, 0) is 30.7 Å². The van der Waals surface area contributed by atoms with Gasteiger partial charge in [-0.25, -0.2) is 14.2 Å². The number of hydroxylamine groups is 2. The molecule has 1 aromatic carbocycles. The molecule has 3 saturated heterocycles. The summed E-state index contributed by atoms with van der Waals surface area (Å²) in [6.45, 7) is 4.69. The second-order valence-corrected chi connectivity index (χ2v) is 8.14. The molecule has 3 fully saturated rings. The topological polar surface area (TPSA) is 79.3 Å². The van der Waals surface area contributed by atoms with Crippen molar-refractivity contribution in [1.29, 1.82) is 0 Å². The molecule has 3 heterocycles. The normalized spacial score (nSPS) is 26.1. The van der Waals surface area contributed by atoms with Crippen molar-refractivity contribution >= 4 is 11.9 Å². The van der Waals surface area contributed by atoms with Crippen molar-refractivity contribution in [3.8, 4) is 0 Å². The number of rotatable bonds is 3. The number of hydrogen-bond acceptors (Lipinski definition) is 5. The van der Waals surface area contributed by atoms with Gasteiger partial charge in [-0.15, -0.1) is 0 Å². The minimum Gasteiger partial charge on any atom is -0.475 e. The quantitative estimate of drug-likeness (QED) is 0.696. The minimum absolute atomic E-state index is 0.0575. The van der Waals surface area contributed by atoms with E-state index in [9.17, 15) is 22.4 Å². The summed E-state index contributed by atoms with van der Waals surface area (Å²) in [4.78, 5) is 29.5. The van der Waals surface area contributed by atoms with Gasteiger partial charge in [0.15, 0.2) is 0 Å². The first-order valence-corrected chi connectivity index (χ1v) is 10.4. The van der Waals surface area contributed by atoms with Gasteiger partial charge >= 0.3 is 12.1 Å². The fourth-order valence-corrected chi connectivity index (χ4v) is 4.30. The first-order chi connectivity index (χ1) is 15.2. The number of ether oxygens (including phenoxy) is 1. The van der Waals surface area contributed by atoms with Crippen LogP contribution < -0.4 is 0 Å². The molecule has 0 spiro atoms. The molecule has 3 atom stereocenters. The lowest BCUT2D eigenvalue weighted by Crippen LogP contribution is -2.47. The van der Waals surface area contributed by atoms with Crippen LogP contribution in [0.15, 0.2) is 24.3 Å². The maximum Gasteiger partial charge on any atom is 0.490 e. The minimum atomic E-state index is -5.08. The van der Waals surface area contributed by atoms with Crippen LogP contribution in [0.4, 0.5) is 17.6 Å². The van der Waals surface area contributed by atoms with Crippen LogP contribution in [0.2, 0.25) is 0 Å². The number of likely N-dealkylation sites (tertiary alicyclic amines) is 1. The molecule has 1 aromatic rings. The van der Waals surface area contributed by atoms with E-state index < -0.39 is 12.1 Å². The Morgan fingerprint density at radius 2 is 1.84 bits per heavy atom. The molecular weight excluding hydrogens is 436 g/mol. The van der Waals surface area contributed by atoms with Crippen molar-refractivity contribution in [2.24, 2.45) is 17.8 Å². The Kier molecular flexibility index (Phi) is 8.07. The lowest BCUT2D eigenvalue weighted by molar-refractivity contribution is -0.207. The molecule has 0 radical (unpaired) electrons. The number of aliphatic carboxylic acids is 1. The molecule has 11 heteroatoms. The maximum atomic E-state index is 13.9. The summed E-state index contributed by atoms with van der Waals surface area (Å²) in [5.74, 6) is -2.42. The van der Waals surface area contributed by atoms with E-state index in [4.69, 9.17) is 19.5 Å². The van der Waals surface area contributed by atoms with Gasteiger partial charge in [-0.2, -0.15) is 13.2 Å². The van der Waals surface area contributed by atoms with Crippen LogP contribution in [-0.2, 0) is 25.7 Å². The van der Waals surface area contributed by atoms with E-state index in [1.54, 1.807) is 11.1 Å². The van der Waals surface area contributed by atoms with Crippen LogP contribution in [0, 0.1) is 23.6 Å². The van der Waals surface area contributed by atoms with Gasteiger partial charge in [0.1, 0.15) is 5.82 Å². The van der Waals surface area contributed by atoms with Gasteiger partial charge in [0.05, 0.1) is 25.7 Å². The summed E-state index contributed by atoms with van der Waals surface area (Å²) < 4.78 is 51.4. The molecule has 0 aromatic heterocycles. The number of carboxylic acid groups (broad SMARTS) is 1. The van der Waals surface area contributed by atoms with Gasteiger partial charge in [-0.1, -0.05) is 18.2 Å². The molecule has 1 amide bonds. The van der Waals surface area contributed by atoms with Crippen LogP contribution in [0.5, 0.6) is 0 Å². The Morgan fingerprint density at radius 3 is 2.47 bits per heavy atom. The number of amides is 1. The number of nitrogens with zero attached hydrogens (tertiary/aromatic N) is 2. The van der Waals surface area contributed by atoms with E-state index in [0.717, 1.165) is 25.9 Å². The molecular formula is C21H26F4N2O5. The molecule has 3 aliphatic rings. The molecule has 0 aliphatic carbocycles. The van der Waals surface area contributed by atoms with E-state index >= 15 is 0 Å². The van der Waals surface area contributed by atoms with Gasteiger partial charge < -0.3 is 9.84 Å². The third-order valence-electron chi connectivity index (χ3n) is 5.87. The second kappa shape index (κ2) is 10.6. The van der Waals surface area contributed by atoms with Crippen LogP contribution in [-0.4, -0.2) is 72.6 Å². The highest BCUT2D eigenvalue weighted by Crippen LogP contribution is 2.36.